The summed E-state index contributed by atoms with van der Waals surface area (Å²) in [4.78, 5) is 16.8. The highest BCUT2D eigenvalue weighted by molar-refractivity contribution is 14.1. The van der Waals surface area contributed by atoms with Crippen LogP contribution >= 0.6 is 38.5 Å². The van der Waals surface area contributed by atoms with Gasteiger partial charge in [-0.25, -0.2) is 4.79 Å². The zero-order valence-corrected chi connectivity index (χ0v) is 14.2. The molecule has 1 atom stereocenters. The van der Waals surface area contributed by atoms with Crippen LogP contribution in [0, 0.1) is 3.70 Å². The Balaban J connectivity index is 2.04. The molecule has 2 aromatic rings. The number of aromatic nitrogens is 3. The van der Waals surface area contributed by atoms with Crippen molar-refractivity contribution in [3.05, 3.63) is 20.6 Å². The molecule has 1 fully saturated rings. The van der Waals surface area contributed by atoms with Gasteiger partial charge in [-0.15, -0.1) is 0 Å². The maximum Gasteiger partial charge on any atom is 0.407 e. The van der Waals surface area contributed by atoms with E-state index in [1.54, 1.807) is 12.4 Å². The van der Waals surface area contributed by atoms with E-state index in [-0.39, 0.29) is 6.04 Å². The van der Waals surface area contributed by atoms with Crippen molar-refractivity contribution in [3.63, 3.8) is 0 Å². The summed E-state index contributed by atoms with van der Waals surface area (Å²) in [6.07, 6.45) is 4.47. The maximum atomic E-state index is 11.1. The van der Waals surface area contributed by atoms with E-state index in [0.717, 1.165) is 31.9 Å². The minimum atomic E-state index is -0.860. The van der Waals surface area contributed by atoms with Crippen molar-refractivity contribution < 1.29 is 9.90 Å². The summed E-state index contributed by atoms with van der Waals surface area (Å²) in [6.45, 7) is 1.09. The zero-order valence-electron chi connectivity index (χ0n) is 10.5. The number of piperidine rings is 1. The number of halogens is 2. The highest BCUT2D eigenvalue weighted by Crippen LogP contribution is 2.31. The zero-order chi connectivity index (χ0) is 14.3. The van der Waals surface area contributed by atoms with Crippen molar-refractivity contribution in [1.82, 2.24) is 19.7 Å². The molecule has 106 valence electrons. The van der Waals surface area contributed by atoms with Gasteiger partial charge in [-0.05, 0) is 51.4 Å². The number of amides is 1. The molecule has 0 bridgehead atoms. The smallest absolute Gasteiger partial charge is 0.407 e. The maximum absolute atomic E-state index is 11.1. The van der Waals surface area contributed by atoms with Gasteiger partial charge in [0, 0.05) is 25.5 Å². The Morgan fingerprint density at radius 2 is 2.30 bits per heavy atom. The van der Waals surface area contributed by atoms with E-state index in [1.807, 2.05) is 4.68 Å². The first-order chi connectivity index (χ1) is 9.58. The average Bonchev–Trinajstić information content (AvgIpc) is 2.78. The second-order valence-electron chi connectivity index (χ2n) is 4.78. The summed E-state index contributed by atoms with van der Waals surface area (Å²) in [7, 11) is 0. The predicted octanol–water partition coefficient (Wildman–Crippen LogP) is 3.11. The third-order valence-electron chi connectivity index (χ3n) is 3.53. The van der Waals surface area contributed by atoms with Crippen molar-refractivity contribution in [2.75, 3.05) is 13.1 Å². The fraction of sp³-hybridized carbons (Fsp3) is 0.417. The summed E-state index contributed by atoms with van der Waals surface area (Å²) < 4.78 is 3.72. The van der Waals surface area contributed by atoms with Crippen LogP contribution in [0.2, 0.25) is 0 Å². The van der Waals surface area contributed by atoms with Gasteiger partial charge in [0.2, 0.25) is 0 Å². The fourth-order valence-electron chi connectivity index (χ4n) is 2.60. The number of nitrogens with zero attached hydrogens (tertiary/aromatic N) is 4. The number of fused-ring (bicyclic) bond motifs is 1. The first kappa shape index (κ1) is 14.1. The standard InChI is InChI=1S/C12H12BrIN4O2/c13-9-5-15-4-8-10(9)18(16-11(8)14)7-2-1-3-17(6-7)12(19)20/h4-5,7H,1-3,6H2,(H,19,20). The number of hydrogen-bond donors (Lipinski definition) is 1. The lowest BCUT2D eigenvalue weighted by Gasteiger charge is -2.31. The van der Waals surface area contributed by atoms with Crippen molar-refractivity contribution in [2.24, 2.45) is 0 Å². The molecule has 1 aliphatic heterocycles. The molecule has 2 aromatic heterocycles. The van der Waals surface area contributed by atoms with Gasteiger partial charge in [-0.2, -0.15) is 5.10 Å². The van der Waals surface area contributed by atoms with Gasteiger partial charge in [0.25, 0.3) is 0 Å². The van der Waals surface area contributed by atoms with E-state index in [0.29, 0.717) is 13.1 Å². The molecule has 1 amide bonds. The molecule has 0 aromatic carbocycles. The van der Waals surface area contributed by atoms with Gasteiger partial charge < -0.3 is 10.0 Å². The van der Waals surface area contributed by atoms with Gasteiger partial charge in [0.15, 0.2) is 0 Å². The van der Waals surface area contributed by atoms with Crippen LogP contribution in [0.25, 0.3) is 10.9 Å². The third-order valence-corrected chi connectivity index (χ3v) is 4.91. The van der Waals surface area contributed by atoms with Crippen LogP contribution in [0.4, 0.5) is 4.79 Å². The molecule has 3 heterocycles. The molecule has 0 aliphatic carbocycles. The third kappa shape index (κ3) is 2.39. The van der Waals surface area contributed by atoms with Crippen molar-refractivity contribution in [1.29, 1.82) is 0 Å². The lowest BCUT2D eigenvalue weighted by atomic mass is 10.1. The Morgan fingerprint density at radius 3 is 3.05 bits per heavy atom. The van der Waals surface area contributed by atoms with Crippen molar-refractivity contribution >= 4 is 55.5 Å². The van der Waals surface area contributed by atoms with Gasteiger partial charge in [-0.3, -0.25) is 9.67 Å². The average molecular weight is 451 g/mol. The molecular formula is C12H12BrIN4O2. The second kappa shape index (κ2) is 5.47. The van der Waals surface area contributed by atoms with Crippen LogP contribution in [0.3, 0.4) is 0 Å². The van der Waals surface area contributed by atoms with E-state index >= 15 is 0 Å². The Kier molecular flexibility index (Phi) is 3.85. The number of rotatable bonds is 1. The molecule has 6 nitrogen and oxygen atoms in total. The molecular weight excluding hydrogens is 439 g/mol. The fourth-order valence-corrected chi connectivity index (χ4v) is 3.74. The highest BCUT2D eigenvalue weighted by atomic mass is 127. The first-order valence-electron chi connectivity index (χ1n) is 6.23. The lowest BCUT2D eigenvalue weighted by molar-refractivity contribution is 0.120. The van der Waals surface area contributed by atoms with E-state index < -0.39 is 6.09 Å². The quantitative estimate of drug-likeness (QED) is 0.677. The SMILES string of the molecule is O=C(O)N1CCCC(n2nc(I)c3cncc(Br)c32)C1. The molecule has 1 unspecified atom stereocenters. The van der Waals surface area contributed by atoms with Crippen molar-refractivity contribution in [2.45, 2.75) is 18.9 Å². The molecule has 1 aliphatic rings. The Hall–Kier alpha value is -0.900. The summed E-state index contributed by atoms with van der Waals surface area (Å²) >= 11 is 5.70. The predicted molar refractivity (Wildman–Crippen MR) is 85.8 cm³/mol. The minimum absolute atomic E-state index is 0.0737. The van der Waals surface area contributed by atoms with Gasteiger partial charge in [0.05, 0.1) is 21.4 Å². The first-order valence-corrected chi connectivity index (χ1v) is 8.10. The second-order valence-corrected chi connectivity index (χ2v) is 6.65. The number of hydrogen-bond acceptors (Lipinski definition) is 3. The van der Waals surface area contributed by atoms with Gasteiger partial charge in [0.1, 0.15) is 3.70 Å². The molecule has 1 saturated heterocycles. The van der Waals surface area contributed by atoms with Crippen molar-refractivity contribution in [3.8, 4) is 0 Å². The van der Waals surface area contributed by atoms with E-state index in [2.05, 4.69) is 48.6 Å². The normalized spacial score (nSPS) is 19.5. The molecule has 3 rings (SSSR count). The number of carboxylic acid groups (broad SMARTS) is 1. The largest absolute Gasteiger partial charge is 0.465 e. The summed E-state index contributed by atoms with van der Waals surface area (Å²) in [5.41, 5.74) is 0.988. The number of carbonyl (C=O) groups is 1. The van der Waals surface area contributed by atoms with Crippen LogP contribution in [0.1, 0.15) is 18.9 Å². The molecule has 8 heteroatoms. The molecule has 0 saturated carbocycles. The molecule has 0 spiro atoms. The van der Waals surface area contributed by atoms with Gasteiger partial charge in [-0.1, -0.05) is 0 Å². The highest BCUT2D eigenvalue weighted by Gasteiger charge is 2.27. The topological polar surface area (TPSA) is 71.2 Å². The summed E-state index contributed by atoms with van der Waals surface area (Å²) in [6, 6.07) is 0.0737. The summed E-state index contributed by atoms with van der Waals surface area (Å²) in [5, 5.41) is 14.7. The minimum Gasteiger partial charge on any atom is -0.465 e. The molecule has 1 N–H and O–H groups in total. The van der Waals surface area contributed by atoms with Crippen LogP contribution in [-0.2, 0) is 0 Å². The van der Waals surface area contributed by atoms with E-state index in [4.69, 9.17) is 5.11 Å². The molecule has 0 radical (unpaired) electrons. The van der Waals surface area contributed by atoms with E-state index in [1.165, 1.54) is 4.90 Å². The summed E-state index contributed by atoms with van der Waals surface area (Å²) in [5.74, 6) is 0. The van der Waals surface area contributed by atoms with Crippen LogP contribution in [0.15, 0.2) is 16.9 Å². The Labute approximate surface area is 137 Å². The van der Waals surface area contributed by atoms with Gasteiger partial charge >= 0.3 is 6.09 Å². The number of pyridine rings is 1. The Bertz CT molecular complexity index is 675. The Morgan fingerprint density at radius 1 is 1.50 bits per heavy atom. The molecule has 20 heavy (non-hydrogen) atoms. The van der Waals surface area contributed by atoms with Crippen LogP contribution in [0.5, 0.6) is 0 Å². The van der Waals surface area contributed by atoms with Crippen LogP contribution in [-0.4, -0.2) is 44.0 Å². The lowest BCUT2D eigenvalue weighted by Crippen LogP contribution is -2.40. The van der Waals surface area contributed by atoms with Crippen LogP contribution < -0.4 is 0 Å². The number of likely N-dealkylation sites (tertiary alicyclic amines) is 1. The monoisotopic (exact) mass is 450 g/mol. The van der Waals surface area contributed by atoms with E-state index in [9.17, 15) is 4.79 Å².